The van der Waals surface area contributed by atoms with Crippen LogP contribution in [-0.4, -0.2) is 14.1 Å². The molecule has 0 saturated carbocycles. The number of nitrogens with zero attached hydrogens (tertiary/aromatic N) is 3. The van der Waals surface area contributed by atoms with Gasteiger partial charge in [-0.25, -0.2) is 4.98 Å². The number of pyridine rings is 1. The third-order valence-corrected chi connectivity index (χ3v) is 6.73. The highest BCUT2D eigenvalue weighted by Gasteiger charge is 2.11. The average Bonchev–Trinajstić information content (AvgIpc) is 3.26. The van der Waals surface area contributed by atoms with Crippen molar-refractivity contribution in [1.29, 1.82) is 0 Å². The largest absolute Gasteiger partial charge is 0.330 e. The van der Waals surface area contributed by atoms with Gasteiger partial charge in [0, 0.05) is 54.8 Å². The normalized spacial score (nSPS) is 11.1. The average molecular weight is 493 g/mol. The minimum Gasteiger partial charge on any atom is -0.330 e. The van der Waals surface area contributed by atoms with E-state index in [2.05, 4.69) is 32.9 Å². The quantitative estimate of drug-likeness (QED) is 0.317. The van der Waals surface area contributed by atoms with Crippen LogP contribution in [0.5, 0.6) is 0 Å². The molecule has 36 heavy (non-hydrogen) atoms. The van der Waals surface area contributed by atoms with E-state index < -0.39 is 0 Å². The summed E-state index contributed by atoms with van der Waals surface area (Å²) in [6, 6.07) is 23.3. The van der Waals surface area contributed by atoms with Gasteiger partial charge in [-0.1, -0.05) is 35.7 Å². The highest BCUT2D eigenvalue weighted by atomic mass is 35.5. The van der Waals surface area contributed by atoms with Crippen molar-refractivity contribution < 1.29 is 0 Å². The maximum atomic E-state index is 12.6. The molecule has 0 spiro atoms. The van der Waals surface area contributed by atoms with E-state index in [1.165, 1.54) is 0 Å². The van der Waals surface area contributed by atoms with Gasteiger partial charge in [-0.3, -0.25) is 4.79 Å². The number of halogens is 1. The predicted molar refractivity (Wildman–Crippen MR) is 147 cm³/mol. The van der Waals surface area contributed by atoms with Crippen molar-refractivity contribution >= 4 is 22.5 Å². The standard InChI is InChI=1S/C30H25ClN4O/c1-4-20-6-5-7-23(14-20)26-16-29(36)35(3)28-13-8-21(15-27(26)28)17-32-18-25-19-33-30(34(25)2)22-9-11-24(31)12-10-22/h1,5-16,19,32H,17-18H2,2-3H3. The monoisotopic (exact) mass is 492 g/mol. The number of fused-ring (bicyclic) bond motifs is 1. The third kappa shape index (κ3) is 4.57. The molecule has 6 heteroatoms. The van der Waals surface area contributed by atoms with Gasteiger partial charge in [0.2, 0.25) is 0 Å². The Morgan fingerprint density at radius 1 is 0.944 bits per heavy atom. The third-order valence-electron chi connectivity index (χ3n) is 6.47. The summed E-state index contributed by atoms with van der Waals surface area (Å²) in [5.74, 6) is 3.58. The van der Waals surface area contributed by atoms with E-state index in [9.17, 15) is 4.79 Å². The fourth-order valence-electron chi connectivity index (χ4n) is 4.44. The summed E-state index contributed by atoms with van der Waals surface area (Å²) in [5, 5.41) is 5.24. The number of imidazole rings is 1. The molecule has 178 valence electrons. The lowest BCUT2D eigenvalue weighted by atomic mass is 9.98. The highest BCUT2D eigenvalue weighted by Crippen LogP contribution is 2.28. The number of aromatic nitrogens is 3. The number of hydrogen-bond acceptors (Lipinski definition) is 3. The van der Waals surface area contributed by atoms with Crippen LogP contribution in [0.25, 0.3) is 33.4 Å². The Kier molecular flexibility index (Phi) is 6.47. The molecule has 0 amide bonds. The zero-order valence-electron chi connectivity index (χ0n) is 20.1. The molecule has 0 saturated heterocycles. The second-order valence-electron chi connectivity index (χ2n) is 8.77. The maximum Gasteiger partial charge on any atom is 0.251 e. The molecular formula is C30H25ClN4O. The van der Waals surface area contributed by atoms with E-state index in [0.29, 0.717) is 18.1 Å². The van der Waals surface area contributed by atoms with Gasteiger partial charge >= 0.3 is 0 Å². The van der Waals surface area contributed by atoms with Crippen LogP contribution in [0.4, 0.5) is 0 Å². The predicted octanol–water partition coefficient (Wildman–Crippen LogP) is 5.53. The molecule has 5 nitrogen and oxygen atoms in total. The lowest BCUT2D eigenvalue weighted by Crippen LogP contribution is -2.17. The van der Waals surface area contributed by atoms with Crippen molar-refractivity contribution in [2.24, 2.45) is 14.1 Å². The number of rotatable bonds is 6. The van der Waals surface area contributed by atoms with Crippen LogP contribution in [0.2, 0.25) is 5.02 Å². The molecule has 2 aromatic heterocycles. The Morgan fingerprint density at radius 2 is 1.75 bits per heavy atom. The minimum absolute atomic E-state index is 0.0535. The van der Waals surface area contributed by atoms with Gasteiger partial charge in [-0.05, 0) is 65.2 Å². The number of hydrogen-bond donors (Lipinski definition) is 1. The molecule has 0 aliphatic heterocycles. The van der Waals surface area contributed by atoms with Crippen LogP contribution in [0.1, 0.15) is 16.8 Å². The number of nitrogens with one attached hydrogen (secondary N) is 1. The topological polar surface area (TPSA) is 51.9 Å². The van der Waals surface area contributed by atoms with Crippen LogP contribution in [0.15, 0.2) is 83.8 Å². The Bertz CT molecular complexity index is 1670. The van der Waals surface area contributed by atoms with Crippen molar-refractivity contribution in [3.05, 3.63) is 111 Å². The molecule has 5 aromatic rings. The smallest absolute Gasteiger partial charge is 0.251 e. The Balaban J connectivity index is 1.40. The van der Waals surface area contributed by atoms with Crippen LogP contribution in [0, 0.1) is 12.3 Å². The summed E-state index contributed by atoms with van der Waals surface area (Å²) in [7, 11) is 3.81. The summed E-state index contributed by atoms with van der Waals surface area (Å²) < 4.78 is 3.76. The molecule has 3 aromatic carbocycles. The van der Waals surface area contributed by atoms with E-state index in [1.54, 1.807) is 17.7 Å². The fourth-order valence-corrected chi connectivity index (χ4v) is 4.57. The number of benzene rings is 3. The molecule has 1 N–H and O–H groups in total. The van der Waals surface area contributed by atoms with E-state index in [1.807, 2.05) is 67.8 Å². The van der Waals surface area contributed by atoms with Gasteiger partial charge in [0.25, 0.3) is 5.56 Å². The summed E-state index contributed by atoms with van der Waals surface area (Å²) in [5.41, 5.74) is 6.65. The molecule has 5 rings (SSSR count). The molecule has 0 radical (unpaired) electrons. The molecule has 2 heterocycles. The lowest BCUT2D eigenvalue weighted by molar-refractivity contribution is 0.657. The van der Waals surface area contributed by atoms with E-state index in [4.69, 9.17) is 18.0 Å². The van der Waals surface area contributed by atoms with Gasteiger partial charge in [0.15, 0.2) is 0 Å². The van der Waals surface area contributed by atoms with Gasteiger partial charge in [-0.15, -0.1) is 6.42 Å². The van der Waals surface area contributed by atoms with Crippen molar-refractivity contribution in [2.75, 3.05) is 0 Å². The Labute approximate surface area is 215 Å². The molecule has 0 aliphatic carbocycles. The van der Waals surface area contributed by atoms with Gasteiger partial charge in [-0.2, -0.15) is 0 Å². The molecular weight excluding hydrogens is 468 g/mol. The van der Waals surface area contributed by atoms with Crippen LogP contribution >= 0.6 is 11.6 Å². The van der Waals surface area contributed by atoms with Crippen LogP contribution in [-0.2, 0) is 27.2 Å². The molecule has 0 bridgehead atoms. The van der Waals surface area contributed by atoms with Crippen molar-refractivity contribution in [1.82, 2.24) is 19.4 Å². The summed E-state index contributed by atoms with van der Waals surface area (Å²) in [6.45, 7) is 1.34. The minimum atomic E-state index is -0.0535. The first kappa shape index (κ1) is 23.6. The number of terminal acetylenes is 1. The van der Waals surface area contributed by atoms with Gasteiger partial charge < -0.3 is 14.5 Å². The summed E-state index contributed by atoms with van der Waals surface area (Å²) >= 11 is 6.02. The van der Waals surface area contributed by atoms with E-state index in [-0.39, 0.29) is 5.56 Å². The molecule has 0 aliphatic rings. The van der Waals surface area contributed by atoms with Crippen molar-refractivity contribution in [3.63, 3.8) is 0 Å². The fraction of sp³-hybridized carbons (Fsp3) is 0.133. The summed E-state index contributed by atoms with van der Waals surface area (Å²) in [6.07, 6.45) is 7.50. The van der Waals surface area contributed by atoms with Crippen molar-refractivity contribution in [3.8, 4) is 34.9 Å². The maximum absolute atomic E-state index is 12.6. The molecule has 0 unspecified atom stereocenters. The van der Waals surface area contributed by atoms with Crippen LogP contribution < -0.4 is 10.9 Å². The second-order valence-corrected chi connectivity index (χ2v) is 9.21. The first-order valence-corrected chi connectivity index (χ1v) is 12.0. The zero-order valence-corrected chi connectivity index (χ0v) is 20.9. The first-order chi connectivity index (χ1) is 17.4. The van der Waals surface area contributed by atoms with Crippen LogP contribution in [0.3, 0.4) is 0 Å². The Hall–Kier alpha value is -4.11. The highest BCUT2D eigenvalue weighted by molar-refractivity contribution is 6.30. The summed E-state index contributed by atoms with van der Waals surface area (Å²) in [4.78, 5) is 17.2. The lowest BCUT2D eigenvalue weighted by Gasteiger charge is -2.13. The van der Waals surface area contributed by atoms with E-state index in [0.717, 1.165) is 50.2 Å². The van der Waals surface area contributed by atoms with E-state index >= 15 is 0 Å². The second kappa shape index (κ2) is 9.87. The van der Waals surface area contributed by atoms with Crippen molar-refractivity contribution in [2.45, 2.75) is 13.1 Å². The zero-order chi connectivity index (χ0) is 25.2. The first-order valence-electron chi connectivity index (χ1n) is 11.6. The Morgan fingerprint density at radius 3 is 2.53 bits per heavy atom. The molecule has 0 atom stereocenters. The van der Waals surface area contributed by atoms with Gasteiger partial charge in [0.1, 0.15) is 5.82 Å². The SMILES string of the molecule is C#Cc1cccc(-c2cc(=O)n(C)c3ccc(CNCc4cnc(-c5ccc(Cl)cc5)n4C)cc23)c1. The number of aryl methyl sites for hydroxylation is 1. The van der Waals surface area contributed by atoms with Gasteiger partial charge in [0.05, 0.1) is 17.4 Å². The molecule has 0 fully saturated rings.